The fraction of sp³-hybridized carbons (Fsp3) is 0.636. The van der Waals surface area contributed by atoms with Gasteiger partial charge in [-0.2, -0.15) is 4.98 Å². The van der Waals surface area contributed by atoms with E-state index in [1.54, 1.807) is 0 Å². The molecule has 1 amide bonds. The normalized spacial score (nSPS) is 22.5. The van der Waals surface area contributed by atoms with E-state index in [4.69, 9.17) is 4.42 Å². The average Bonchev–Trinajstić information content (AvgIpc) is 3.11. The molecule has 152 valence electrons. The summed E-state index contributed by atoms with van der Waals surface area (Å²) >= 11 is 0. The van der Waals surface area contributed by atoms with E-state index in [0.717, 1.165) is 69.0 Å². The van der Waals surface area contributed by atoms with Crippen LogP contribution in [0.15, 0.2) is 28.7 Å². The molecule has 2 saturated heterocycles. The van der Waals surface area contributed by atoms with Gasteiger partial charge in [-0.15, -0.1) is 0 Å². The van der Waals surface area contributed by atoms with Gasteiger partial charge in [-0.25, -0.2) is 0 Å². The standard InChI is InChI=1S/C22H32N4O2/c1-22(2,3)24-20(27)16-7-6-12-26(15-16)17-10-13-25(14-11-17)21-23-18-8-4-5-9-19(18)28-21/h4-5,8-9,16-17H,6-7,10-15H2,1-3H3,(H,24,27). The minimum absolute atomic E-state index is 0.114. The summed E-state index contributed by atoms with van der Waals surface area (Å²) in [6, 6.07) is 9.21. The molecule has 3 heterocycles. The number of amides is 1. The van der Waals surface area contributed by atoms with Crippen LogP contribution in [0.2, 0.25) is 0 Å². The minimum atomic E-state index is -0.162. The molecule has 0 spiro atoms. The number of nitrogens with one attached hydrogen (secondary N) is 1. The van der Waals surface area contributed by atoms with Crippen molar-refractivity contribution in [1.29, 1.82) is 0 Å². The van der Waals surface area contributed by atoms with Crippen LogP contribution in [0.4, 0.5) is 6.01 Å². The predicted octanol–water partition coefficient (Wildman–Crippen LogP) is 3.42. The highest BCUT2D eigenvalue weighted by atomic mass is 16.4. The lowest BCUT2D eigenvalue weighted by molar-refractivity contribution is -0.128. The summed E-state index contributed by atoms with van der Waals surface area (Å²) in [6.45, 7) is 10.0. The fourth-order valence-corrected chi connectivity index (χ4v) is 4.44. The number of anilines is 1. The van der Waals surface area contributed by atoms with E-state index in [1.807, 2.05) is 45.0 Å². The third-order valence-electron chi connectivity index (χ3n) is 5.86. The zero-order chi connectivity index (χ0) is 19.7. The van der Waals surface area contributed by atoms with Crippen molar-refractivity contribution in [2.24, 2.45) is 5.92 Å². The Bertz CT molecular complexity index is 784. The average molecular weight is 385 g/mol. The molecule has 28 heavy (non-hydrogen) atoms. The van der Waals surface area contributed by atoms with Crippen molar-refractivity contribution in [3.63, 3.8) is 0 Å². The molecule has 0 saturated carbocycles. The van der Waals surface area contributed by atoms with E-state index in [0.29, 0.717) is 6.04 Å². The second-order valence-electron chi connectivity index (χ2n) is 9.26. The highest BCUT2D eigenvalue weighted by Gasteiger charge is 2.33. The molecule has 1 aromatic carbocycles. The largest absolute Gasteiger partial charge is 0.423 e. The number of nitrogens with zero attached hydrogens (tertiary/aromatic N) is 3. The van der Waals surface area contributed by atoms with Gasteiger partial charge < -0.3 is 14.6 Å². The van der Waals surface area contributed by atoms with Crippen molar-refractivity contribution >= 4 is 23.0 Å². The van der Waals surface area contributed by atoms with Gasteiger partial charge in [0.05, 0.1) is 5.92 Å². The summed E-state index contributed by atoms with van der Waals surface area (Å²) in [7, 11) is 0. The maximum Gasteiger partial charge on any atom is 0.298 e. The Morgan fingerprint density at radius 1 is 1.14 bits per heavy atom. The van der Waals surface area contributed by atoms with Crippen molar-refractivity contribution in [2.75, 3.05) is 31.1 Å². The summed E-state index contributed by atoms with van der Waals surface area (Å²) in [4.78, 5) is 22.0. The topological polar surface area (TPSA) is 61.6 Å². The zero-order valence-corrected chi connectivity index (χ0v) is 17.3. The molecule has 1 atom stereocenters. The van der Waals surface area contributed by atoms with Crippen molar-refractivity contribution in [1.82, 2.24) is 15.2 Å². The Balaban J connectivity index is 1.33. The summed E-state index contributed by atoms with van der Waals surface area (Å²) in [5.74, 6) is 0.323. The molecule has 2 fully saturated rings. The lowest BCUT2D eigenvalue weighted by Crippen LogP contribution is -2.52. The molecular formula is C22H32N4O2. The second kappa shape index (κ2) is 7.74. The van der Waals surface area contributed by atoms with Gasteiger partial charge in [0.1, 0.15) is 5.52 Å². The predicted molar refractivity (Wildman–Crippen MR) is 111 cm³/mol. The summed E-state index contributed by atoms with van der Waals surface area (Å²) in [5, 5.41) is 3.16. The third-order valence-corrected chi connectivity index (χ3v) is 5.86. The van der Waals surface area contributed by atoms with E-state index in [2.05, 4.69) is 20.1 Å². The molecule has 2 aromatic rings. The number of hydrogen-bond donors (Lipinski definition) is 1. The van der Waals surface area contributed by atoms with Crippen LogP contribution in [-0.4, -0.2) is 53.6 Å². The molecular weight excluding hydrogens is 352 g/mol. The maximum atomic E-state index is 12.6. The van der Waals surface area contributed by atoms with Crippen LogP contribution in [0.5, 0.6) is 0 Å². The van der Waals surface area contributed by atoms with Gasteiger partial charge in [0.2, 0.25) is 5.91 Å². The highest BCUT2D eigenvalue weighted by Crippen LogP contribution is 2.28. The first-order valence-electron chi connectivity index (χ1n) is 10.6. The first kappa shape index (κ1) is 19.2. The van der Waals surface area contributed by atoms with Crippen molar-refractivity contribution < 1.29 is 9.21 Å². The number of para-hydroxylation sites is 2. The van der Waals surface area contributed by atoms with Crippen molar-refractivity contribution in [2.45, 2.75) is 58.0 Å². The van der Waals surface area contributed by atoms with E-state index < -0.39 is 0 Å². The lowest BCUT2D eigenvalue weighted by atomic mass is 9.92. The van der Waals surface area contributed by atoms with Crippen LogP contribution in [-0.2, 0) is 4.79 Å². The van der Waals surface area contributed by atoms with E-state index in [9.17, 15) is 4.79 Å². The van der Waals surface area contributed by atoms with Crippen LogP contribution in [0, 0.1) is 5.92 Å². The Kier molecular flexibility index (Phi) is 5.32. The highest BCUT2D eigenvalue weighted by molar-refractivity contribution is 5.79. The summed E-state index contributed by atoms with van der Waals surface area (Å²) in [5.41, 5.74) is 1.61. The number of hydrogen-bond acceptors (Lipinski definition) is 5. The fourth-order valence-electron chi connectivity index (χ4n) is 4.44. The van der Waals surface area contributed by atoms with Crippen LogP contribution < -0.4 is 10.2 Å². The van der Waals surface area contributed by atoms with Gasteiger partial charge in [0.25, 0.3) is 6.01 Å². The molecule has 6 nitrogen and oxygen atoms in total. The van der Waals surface area contributed by atoms with E-state index in [1.165, 1.54) is 0 Å². The molecule has 1 aromatic heterocycles. The Hall–Kier alpha value is -2.08. The number of fused-ring (bicyclic) bond motifs is 1. The van der Waals surface area contributed by atoms with Gasteiger partial charge in [-0.1, -0.05) is 12.1 Å². The van der Waals surface area contributed by atoms with E-state index >= 15 is 0 Å². The van der Waals surface area contributed by atoms with Crippen molar-refractivity contribution in [3.05, 3.63) is 24.3 Å². The Morgan fingerprint density at radius 3 is 2.61 bits per heavy atom. The van der Waals surface area contributed by atoms with Crippen LogP contribution >= 0.6 is 0 Å². The molecule has 2 aliphatic heterocycles. The van der Waals surface area contributed by atoms with E-state index in [-0.39, 0.29) is 17.4 Å². The SMILES string of the molecule is CC(C)(C)NC(=O)C1CCCN(C2CCN(c3nc4ccccc4o3)CC2)C1. The number of aromatic nitrogens is 1. The molecule has 1 unspecified atom stereocenters. The molecule has 4 rings (SSSR count). The molecule has 2 aliphatic rings. The Labute approximate surface area is 167 Å². The maximum absolute atomic E-state index is 12.6. The van der Waals surface area contributed by atoms with Crippen LogP contribution in [0.25, 0.3) is 11.1 Å². The summed E-state index contributed by atoms with van der Waals surface area (Å²) in [6.07, 6.45) is 4.28. The summed E-state index contributed by atoms with van der Waals surface area (Å²) < 4.78 is 5.93. The molecule has 0 aliphatic carbocycles. The number of rotatable bonds is 3. The first-order valence-corrected chi connectivity index (χ1v) is 10.6. The third kappa shape index (κ3) is 4.32. The van der Waals surface area contributed by atoms with Gasteiger partial charge in [-0.3, -0.25) is 9.69 Å². The second-order valence-corrected chi connectivity index (χ2v) is 9.26. The number of carbonyl (C=O) groups is 1. The number of piperidine rings is 2. The lowest BCUT2D eigenvalue weighted by Gasteiger charge is -2.42. The first-order chi connectivity index (χ1) is 13.4. The monoisotopic (exact) mass is 384 g/mol. The molecule has 6 heteroatoms. The van der Waals surface area contributed by atoms with Crippen LogP contribution in [0.3, 0.4) is 0 Å². The number of carbonyl (C=O) groups excluding carboxylic acids is 1. The quantitative estimate of drug-likeness (QED) is 0.879. The van der Waals surface area contributed by atoms with Gasteiger partial charge >= 0.3 is 0 Å². The van der Waals surface area contributed by atoms with Crippen LogP contribution in [0.1, 0.15) is 46.5 Å². The van der Waals surface area contributed by atoms with Crippen molar-refractivity contribution in [3.8, 4) is 0 Å². The van der Waals surface area contributed by atoms with Gasteiger partial charge in [0, 0.05) is 31.2 Å². The molecule has 0 radical (unpaired) electrons. The number of oxazole rings is 1. The molecule has 0 bridgehead atoms. The minimum Gasteiger partial charge on any atom is -0.423 e. The number of benzene rings is 1. The van der Waals surface area contributed by atoms with Gasteiger partial charge in [-0.05, 0) is 65.1 Å². The molecule has 1 N–H and O–H groups in total. The zero-order valence-electron chi connectivity index (χ0n) is 17.3. The Morgan fingerprint density at radius 2 is 1.89 bits per heavy atom. The smallest absolute Gasteiger partial charge is 0.298 e. The number of likely N-dealkylation sites (tertiary alicyclic amines) is 1. The van der Waals surface area contributed by atoms with Gasteiger partial charge in [0.15, 0.2) is 5.58 Å².